The Morgan fingerprint density at radius 3 is 1.96 bits per heavy atom. The van der Waals surface area contributed by atoms with Gasteiger partial charge in [0.15, 0.2) is 0 Å². The molecule has 0 aliphatic heterocycles. The molecule has 0 bridgehead atoms. The fraction of sp³-hybridized carbons (Fsp3) is 0.364. The predicted octanol–water partition coefficient (Wildman–Crippen LogP) is 4.38. The molecule has 1 unspecified atom stereocenters. The van der Waals surface area contributed by atoms with Crippen LogP contribution in [-0.4, -0.2) is 17.9 Å². The van der Waals surface area contributed by atoms with Crippen molar-refractivity contribution < 1.29 is 9.59 Å². The maximum atomic E-state index is 12.6. The predicted molar refractivity (Wildman–Crippen MR) is 106 cm³/mol. The van der Waals surface area contributed by atoms with Gasteiger partial charge in [0.05, 0.1) is 0 Å². The summed E-state index contributed by atoms with van der Waals surface area (Å²) >= 11 is 0. The Kier molecular flexibility index (Phi) is 6.19. The second-order valence-electron chi connectivity index (χ2n) is 7.88. The van der Waals surface area contributed by atoms with Crippen LogP contribution < -0.4 is 10.6 Å². The van der Waals surface area contributed by atoms with Crippen molar-refractivity contribution in [3.63, 3.8) is 0 Å². The minimum absolute atomic E-state index is 0.0310. The van der Waals surface area contributed by atoms with Gasteiger partial charge in [-0.05, 0) is 41.2 Å². The lowest BCUT2D eigenvalue weighted by Gasteiger charge is -2.22. The molecule has 0 heterocycles. The molecule has 4 heteroatoms. The topological polar surface area (TPSA) is 58.2 Å². The quantitative estimate of drug-likeness (QED) is 0.839. The van der Waals surface area contributed by atoms with Crippen molar-refractivity contribution in [2.45, 2.75) is 46.1 Å². The molecule has 0 radical (unpaired) electrons. The van der Waals surface area contributed by atoms with Gasteiger partial charge in [0.2, 0.25) is 5.91 Å². The molecule has 0 aromatic heterocycles. The SMILES string of the molecule is CC(C)C(NC(=O)c1ccc(C(C)(C)C)cc1)C(=O)Nc1ccccc1. The van der Waals surface area contributed by atoms with Crippen LogP contribution in [0.15, 0.2) is 54.6 Å². The fourth-order valence-corrected chi connectivity index (χ4v) is 2.62. The Morgan fingerprint density at radius 2 is 1.46 bits per heavy atom. The van der Waals surface area contributed by atoms with Gasteiger partial charge in [0, 0.05) is 11.3 Å². The highest BCUT2D eigenvalue weighted by molar-refractivity contribution is 6.01. The second-order valence-corrected chi connectivity index (χ2v) is 7.88. The van der Waals surface area contributed by atoms with E-state index in [0.717, 1.165) is 5.56 Å². The monoisotopic (exact) mass is 352 g/mol. The zero-order valence-electron chi connectivity index (χ0n) is 16.2. The van der Waals surface area contributed by atoms with Gasteiger partial charge in [-0.2, -0.15) is 0 Å². The third-order valence-electron chi connectivity index (χ3n) is 4.29. The van der Waals surface area contributed by atoms with Crippen LogP contribution >= 0.6 is 0 Å². The van der Waals surface area contributed by atoms with Gasteiger partial charge in [-0.25, -0.2) is 0 Å². The van der Waals surface area contributed by atoms with Gasteiger partial charge in [0.1, 0.15) is 6.04 Å². The molecule has 0 fully saturated rings. The third-order valence-corrected chi connectivity index (χ3v) is 4.29. The van der Waals surface area contributed by atoms with Gasteiger partial charge in [-0.1, -0.05) is 65.0 Å². The number of amides is 2. The van der Waals surface area contributed by atoms with Gasteiger partial charge in [-0.3, -0.25) is 9.59 Å². The van der Waals surface area contributed by atoms with E-state index in [9.17, 15) is 9.59 Å². The third kappa shape index (κ3) is 5.19. The van der Waals surface area contributed by atoms with Crippen LogP contribution in [0.25, 0.3) is 0 Å². The van der Waals surface area contributed by atoms with Gasteiger partial charge in [0.25, 0.3) is 5.91 Å². The molecule has 138 valence electrons. The first-order valence-electron chi connectivity index (χ1n) is 8.96. The lowest BCUT2D eigenvalue weighted by Crippen LogP contribution is -2.47. The molecule has 0 saturated carbocycles. The normalized spacial score (nSPS) is 12.5. The molecular formula is C22H28N2O2. The Morgan fingerprint density at radius 1 is 0.885 bits per heavy atom. The average molecular weight is 352 g/mol. The van der Waals surface area contributed by atoms with E-state index in [2.05, 4.69) is 31.4 Å². The Bertz CT molecular complexity index is 744. The van der Waals surface area contributed by atoms with E-state index in [1.165, 1.54) is 0 Å². The zero-order valence-corrected chi connectivity index (χ0v) is 16.2. The van der Waals surface area contributed by atoms with Gasteiger partial charge >= 0.3 is 0 Å². The smallest absolute Gasteiger partial charge is 0.251 e. The molecule has 0 aliphatic rings. The van der Waals surface area contributed by atoms with Crippen molar-refractivity contribution in [1.29, 1.82) is 0 Å². The maximum absolute atomic E-state index is 12.6. The van der Waals surface area contributed by atoms with Crippen molar-refractivity contribution >= 4 is 17.5 Å². The lowest BCUT2D eigenvalue weighted by molar-refractivity contribution is -0.118. The van der Waals surface area contributed by atoms with E-state index in [4.69, 9.17) is 0 Å². The van der Waals surface area contributed by atoms with E-state index in [-0.39, 0.29) is 23.1 Å². The van der Waals surface area contributed by atoms with E-state index in [0.29, 0.717) is 11.3 Å². The fourth-order valence-electron chi connectivity index (χ4n) is 2.62. The highest BCUT2D eigenvalue weighted by Crippen LogP contribution is 2.22. The summed E-state index contributed by atoms with van der Waals surface area (Å²) < 4.78 is 0. The summed E-state index contributed by atoms with van der Waals surface area (Å²) in [6.07, 6.45) is 0. The largest absolute Gasteiger partial charge is 0.340 e. The molecule has 2 rings (SSSR count). The first kappa shape index (κ1) is 19.7. The first-order chi connectivity index (χ1) is 12.2. The first-order valence-corrected chi connectivity index (χ1v) is 8.96. The van der Waals surface area contributed by atoms with E-state index in [1.54, 1.807) is 0 Å². The molecule has 4 nitrogen and oxygen atoms in total. The van der Waals surface area contributed by atoms with E-state index in [1.807, 2.05) is 68.4 Å². The van der Waals surface area contributed by atoms with Crippen LogP contribution in [0, 0.1) is 5.92 Å². The number of nitrogens with one attached hydrogen (secondary N) is 2. The summed E-state index contributed by atoms with van der Waals surface area (Å²) in [4.78, 5) is 25.2. The molecule has 26 heavy (non-hydrogen) atoms. The van der Waals surface area contributed by atoms with Crippen molar-refractivity contribution in [3.05, 3.63) is 65.7 Å². The Labute approximate surface area is 156 Å². The van der Waals surface area contributed by atoms with Crippen molar-refractivity contribution in [1.82, 2.24) is 5.32 Å². The summed E-state index contributed by atoms with van der Waals surface area (Å²) in [6.45, 7) is 10.2. The zero-order chi connectivity index (χ0) is 19.3. The molecule has 0 saturated heterocycles. The van der Waals surface area contributed by atoms with Crippen LogP contribution in [-0.2, 0) is 10.2 Å². The van der Waals surface area contributed by atoms with Crippen LogP contribution in [0.1, 0.15) is 50.5 Å². The van der Waals surface area contributed by atoms with E-state index >= 15 is 0 Å². The molecule has 2 N–H and O–H groups in total. The number of rotatable bonds is 5. The van der Waals surface area contributed by atoms with Crippen LogP contribution in [0.5, 0.6) is 0 Å². The maximum Gasteiger partial charge on any atom is 0.251 e. The van der Waals surface area contributed by atoms with Crippen molar-refractivity contribution in [2.24, 2.45) is 5.92 Å². The second kappa shape index (κ2) is 8.17. The number of hydrogen-bond donors (Lipinski definition) is 2. The molecule has 1 atom stereocenters. The molecular weight excluding hydrogens is 324 g/mol. The minimum Gasteiger partial charge on any atom is -0.340 e. The van der Waals surface area contributed by atoms with Crippen molar-refractivity contribution in [2.75, 3.05) is 5.32 Å². The standard InChI is InChI=1S/C22H28N2O2/c1-15(2)19(21(26)23-18-9-7-6-8-10-18)24-20(25)16-11-13-17(14-12-16)22(3,4)5/h6-15,19H,1-5H3,(H,23,26)(H,24,25). The highest BCUT2D eigenvalue weighted by Gasteiger charge is 2.25. The van der Waals surface area contributed by atoms with Crippen LogP contribution in [0.4, 0.5) is 5.69 Å². The van der Waals surface area contributed by atoms with Gasteiger partial charge in [-0.15, -0.1) is 0 Å². The molecule has 2 aromatic rings. The average Bonchev–Trinajstić information content (AvgIpc) is 2.59. The molecule has 2 amide bonds. The number of carbonyl (C=O) groups is 2. The lowest BCUT2D eigenvalue weighted by atomic mass is 9.86. The highest BCUT2D eigenvalue weighted by atomic mass is 16.2. The molecule has 0 aliphatic carbocycles. The number of carbonyl (C=O) groups excluding carboxylic acids is 2. The number of benzene rings is 2. The summed E-state index contributed by atoms with van der Waals surface area (Å²) in [6, 6.07) is 16.2. The molecule has 2 aromatic carbocycles. The Hall–Kier alpha value is -2.62. The molecule has 0 spiro atoms. The van der Waals surface area contributed by atoms with Crippen molar-refractivity contribution in [3.8, 4) is 0 Å². The minimum atomic E-state index is -0.606. The van der Waals surface area contributed by atoms with Crippen LogP contribution in [0.3, 0.4) is 0 Å². The van der Waals surface area contributed by atoms with Crippen LogP contribution in [0.2, 0.25) is 0 Å². The summed E-state index contributed by atoms with van der Waals surface area (Å²) in [5.74, 6) is -0.491. The number of hydrogen-bond acceptors (Lipinski definition) is 2. The summed E-state index contributed by atoms with van der Waals surface area (Å²) in [7, 11) is 0. The summed E-state index contributed by atoms with van der Waals surface area (Å²) in [5.41, 5.74) is 2.46. The van der Waals surface area contributed by atoms with E-state index < -0.39 is 6.04 Å². The number of anilines is 1. The number of para-hydroxylation sites is 1. The van der Waals surface area contributed by atoms with Gasteiger partial charge < -0.3 is 10.6 Å². The Balaban J connectivity index is 2.09. The summed E-state index contributed by atoms with van der Waals surface area (Å²) in [5, 5.41) is 5.72.